The fourth-order valence-corrected chi connectivity index (χ4v) is 1.46. The summed E-state index contributed by atoms with van der Waals surface area (Å²) in [5, 5.41) is 3.19. The van der Waals surface area contributed by atoms with Crippen molar-refractivity contribution in [2.24, 2.45) is 0 Å². The van der Waals surface area contributed by atoms with E-state index in [0.717, 1.165) is 37.1 Å². The molecule has 0 radical (unpaired) electrons. The molecule has 1 N–H and O–H groups in total. The van der Waals surface area contributed by atoms with Gasteiger partial charge in [-0.2, -0.15) is 0 Å². The predicted molar refractivity (Wildman–Crippen MR) is 59.4 cm³/mol. The van der Waals surface area contributed by atoms with Crippen molar-refractivity contribution in [3.05, 3.63) is 23.4 Å². The lowest BCUT2D eigenvalue weighted by Gasteiger charge is -2.15. The normalized spacial score (nSPS) is 16.1. The molecule has 0 aromatic heterocycles. The largest absolute Gasteiger partial charge is 0.385 e. The first kappa shape index (κ1) is 11.7. The lowest BCUT2D eigenvalue weighted by Crippen LogP contribution is -2.23. The Bertz CT molecular complexity index is 327. The van der Waals surface area contributed by atoms with Crippen LogP contribution in [0.1, 0.15) is 33.1 Å². The number of allylic oxidation sites excluding steroid dienone is 3. The van der Waals surface area contributed by atoms with Crippen LogP contribution in [0, 0.1) is 0 Å². The van der Waals surface area contributed by atoms with Crippen LogP contribution in [-0.4, -0.2) is 18.1 Å². The fourth-order valence-electron chi connectivity index (χ4n) is 1.46. The van der Waals surface area contributed by atoms with Gasteiger partial charge in [-0.1, -0.05) is 20.3 Å². The van der Waals surface area contributed by atoms with Crippen LogP contribution in [0.4, 0.5) is 0 Å². The van der Waals surface area contributed by atoms with Gasteiger partial charge in [0.25, 0.3) is 0 Å². The zero-order chi connectivity index (χ0) is 11.3. The summed E-state index contributed by atoms with van der Waals surface area (Å²) in [6.07, 6.45) is 5.80. The second-order valence-electron chi connectivity index (χ2n) is 3.59. The Labute approximate surface area is 90.2 Å². The maximum Gasteiger partial charge on any atom is 0.227 e. The molecule has 1 aliphatic carbocycles. The number of hydrogen-bond donors (Lipinski definition) is 1. The number of carbonyl (C=O) groups is 2. The van der Waals surface area contributed by atoms with Crippen molar-refractivity contribution in [1.29, 1.82) is 0 Å². The summed E-state index contributed by atoms with van der Waals surface area (Å²) in [7, 11) is 0. The van der Waals surface area contributed by atoms with E-state index in [1.807, 2.05) is 6.92 Å². The third kappa shape index (κ3) is 3.05. The Morgan fingerprint density at radius 1 is 1.13 bits per heavy atom. The molecule has 0 bridgehead atoms. The quantitative estimate of drug-likeness (QED) is 0.424. The molecule has 0 aromatic carbocycles. The molecular weight excluding hydrogens is 190 g/mol. The average molecular weight is 207 g/mol. The molecule has 0 unspecified atom stereocenters. The van der Waals surface area contributed by atoms with Gasteiger partial charge in [0.1, 0.15) is 0 Å². The second-order valence-corrected chi connectivity index (χ2v) is 3.59. The maximum absolute atomic E-state index is 11.2. The van der Waals surface area contributed by atoms with Crippen LogP contribution < -0.4 is 5.32 Å². The van der Waals surface area contributed by atoms with Gasteiger partial charge in [-0.05, 0) is 24.5 Å². The van der Waals surface area contributed by atoms with Gasteiger partial charge < -0.3 is 5.32 Å². The van der Waals surface area contributed by atoms with Gasteiger partial charge in [0.15, 0.2) is 0 Å². The molecule has 0 heterocycles. The topological polar surface area (TPSA) is 46.2 Å². The molecule has 1 aliphatic rings. The summed E-state index contributed by atoms with van der Waals surface area (Å²) in [6, 6.07) is 0. The van der Waals surface area contributed by atoms with E-state index in [1.54, 1.807) is 0 Å². The maximum atomic E-state index is 11.2. The minimum Gasteiger partial charge on any atom is -0.385 e. The lowest BCUT2D eigenvalue weighted by molar-refractivity contribution is -0.131. The first-order chi connectivity index (χ1) is 7.19. The Balaban J connectivity index is 2.68. The zero-order valence-corrected chi connectivity index (χ0v) is 9.30. The molecule has 0 atom stereocenters. The van der Waals surface area contributed by atoms with Crippen molar-refractivity contribution < 1.29 is 9.59 Å². The molecule has 1 rings (SSSR count). The van der Waals surface area contributed by atoms with Crippen LogP contribution in [0.3, 0.4) is 0 Å². The third-order valence-corrected chi connectivity index (χ3v) is 2.40. The van der Waals surface area contributed by atoms with Crippen LogP contribution in [-0.2, 0) is 9.59 Å². The van der Waals surface area contributed by atoms with E-state index in [9.17, 15) is 9.59 Å². The van der Waals surface area contributed by atoms with Gasteiger partial charge in [0, 0.05) is 18.3 Å². The summed E-state index contributed by atoms with van der Waals surface area (Å²) in [5.41, 5.74) is 1.74. The smallest absolute Gasteiger partial charge is 0.227 e. The van der Waals surface area contributed by atoms with E-state index < -0.39 is 11.6 Å². The molecule has 3 heteroatoms. The number of ketones is 2. The van der Waals surface area contributed by atoms with Gasteiger partial charge in [-0.15, -0.1) is 0 Å². The van der Waals surface area contributed by atoms with Crippen molar-refractivity contribution >= 4 is 11.6 Å². The lowest BCUT2D eigenvalue weighted by atomic mass is 9.99. The van der Waals surface area contributed by atoms with Crippen molar-refractivity contribution in [3.8, 4) is 0 Å². The first-order valence-corrected chi connectivity index (χ1v) is 5.43. The molecule has 3 nitrogen and oxygen atoms in total. The highest BCUT2D eigenvalue weighted by atomic mass is 16.2. The van der Waals surface area contributed by atoms with E-state index in [1.165, 1.54) is 12.2 Å². The van der Waals surface area contributed by atoms with E-state index in [4.69, 9.17) is 0 Å². The average Bonchev–Trinajstić information content (AvgIpc) is 2.23. The van der Waals surface area contributed by atoms with Crippen LogP contribution >= 0.6 is 0 Å². The molecule has 0 aliphatic heterocycles. The summed E-state index contributed by atoms with van der Waals surface area (Å²) < 4.78 is 0. The van der Waals surface area contributed by atoms with E-state index in [2.05, 4.69) is 12.2 Å². The molecule has 0 amide bonds. The highest BCUT2D eigenvalue weighted by Gasteiger charge is 2.18. The van der Waals surface area contributed by atoms with Crippen molar-refractivity contribution in [2.45, 2.75) is 33.1 Å². The highest BCUT2D eigenvalue weighted by molar-refractivity contribution is 6.46. The Morgan fingerprint density at radius 2 is 1.80 bits per heavy atom. The van der Waals surface area contributed by atoms with Gasteiger partial charge in [0.2, 0.25) is 11.6 Å². The predicted octanol–water partition coefficient (Wildman–Crippen LogP) is 1.75. The number of carbonyl (C=O) groups excluding carboxylic acids is 2. The van der Waals surface area contributed by atoms with Gasteiger partial charge in [-0.3, -0.25) is 9.59 Å². The fraction of sp³-hybridized carbons (Fsp3) is 0.500. The molecule has 0 fully saturated rings. The SMILES string of the molecule is CCCCNC1=CC(=O)C(=O)C=C1CC. The molecule has 15 heavy (non-hydrogen) atoms. The van der Waals surface area contributed by atoms with Crippen LogP contribution in [0.25, 0.3) is 0 Å². The third-order valence-electron chi connectivity index (χ3n) is 2.40. The van der Waals surface area contributed by atoms with E-state index in [0.29, 0.717) is 0 Å². The number of unbranched alkanes of at least 4 members (excludes halogenated alkanes) is 1. The van der Waals surface area contributed by atoms with Gasteiger partial charge in [0.05, 0.1) is 0 Å². The minimum absolute atomic E-state index is 0.409. The van der Waals surface area contributed by atoms with Crippen molar-refractivity contribution in [2.75, 3.05) is 6.54 Å². The molecule has 0 spiro atoms. The summed E-state index contributed by atoms with van der Waals surface area (Å²) in [6.45, 7) is 4.94. The Hall–Kier alpha value is -1.38. The molecule has 0 saturated carbocycles. The zero-order valence-electron chi connectivity index (χ0n) is 9.30. The van der Waals surface area contributed by atoms with Crippen molar-refractivity contribution in [1.82, 2.24) is 5.32 Å². The Morgan fingerprint density at radius 3 is 2.40 bits per heavy atom. The number of rotatable bonds is 5. The number of nitrogens with one attached hydrogen (secondary N) is 1. The van der Waals surface area contributed by atoms with Crippen molar-refractivity contribution in [3.63, 3.8) is 0 Å². The summed E-state index contributed by atoms with van der Waals surface area (Å²) in [5.74, 6) is -0.834. The minimum atomic E-state index is -0.425. The number of hydrogen-bond acceptors (Lipinski definition) is 3. The Kier molecular flexibility index (Phi) is 4.28. The van der Waals surface area contributed by atoms with Gasteiger partial charge in [-0.25, -0.2) is 0 Å². The van der Waals surface area contributed by atoms with E-state index >= 15 is 0 Å². The standard InChI is InChI=1S/C12H17NO2/c1-3-5-6-13-10-8-12(15)11(14)7-9(10)4-2/h7-8,13H,3-6H2,1-2H3. The molecule has 82 valence electrons. The second kappa shape index (κ2) is 5.49. The van der Waals surface area contributed by atoms with Crippen LogP contribution in [0.15, 0.2) is 23.4 Å². The van der Waals surface area contributed by atoms with Crippen LogP contribution in [0.2, 0.25) is 0 Å². The summed E-state index contributed by atoms with van der Waals surface area (Å²) >= 11 is 0. The highest BCUT2D eigenvalue weighted by Crippen LogP contribution is 2.15. The molecule has 0 saturated heterocycles. The van der Waals surface area contributed by atoms with E-state index in [-0.39, 0.29) is 0 Å². The monoisotopic (exact) mass is 207 g/mol. The first-order valence-electron chi connectivity index (χ1n) is 5.43. The van der Waals surface area contributed by atoms with Crippen LogP contribution in [0.5, 0.6) is 0 Å². The summed E-state index contributed by atoms with van der Waals surface area (Å²) in [4.78, 5) is 22.3. The molecular formula is C12H17NO2. The molecule has 0 aromatic rings. The van der Waals surface area contributed by atoms with Gasteiger partial charge >= 0.3 is 0 Å².